The lowest BCUT2D eigenvalue weighted by molar-refractivity contribution is 0.106. The summed E-state index contributed by atoms with van der Waals surface area (Å²) in [6.45, 7) is 1.62. The van der Waals surface area contributed by atoms with Crippen molar-refractivity contribution in [2.75, 3.05) is 17.7 Å². The van der Waals surface area contributed by atoms with Crippen LogP contribution in [0.5, 0.6) is 0 Å². The predicted octanol–water partition coefficient (Wildman–Crippen LogP) is 3.07. The first kappa shape index (κ1) is 22.2. The van der Waals surface area contributed by atoms with Gasteiger partial charge in [-0.05, 0) is 13.0 Å². The van der Waals surface area contributed by atoms with Crippen LogP contribution in [-0.2, 0) is 4.74 Å². The zero-order chi connectivity index (χ0) is 23.5. The summed E-state index contributed by atoms with van der Waals surface area (Å²) in [5.74, 6) is 0.306. The third-order valence-electron chi connectivity index (χ3n) is 4.30. The third-order valence-corrected chi connectivity index (χ3v) is 4.76. The first-order valence-electron chi connectivity index (χ1n) is 9.38. The molecule has 170 valence electrons. The van der Waals surface area contributed by atoms with E-state index in [4.69, 9.17) is 27.9 Å². The Morgan fingerprint density at radius 2 is 1.85 bits per heavy atom. The van der Waals surface area contributed by atoms with Gasteiger partial charge in [-0.1, -0.05) is 23.2 Å². The van der Waals surface area contributed by atoms with Gasteiger partial charge in [0.15, 0.2) is 16.6 Å². The molecule has 4 rings (SSSR count). The van der Waals surface area contributed by atoms with E-state index in [-0.39, 0.29) is 15.9 Å². The van der Waals surface area contributed by atoms with Crippen LogP contribution in [0.2, 0.25) is 10.2 Å². The molecule has 1 unspecified atom stereocenters. The van der Waals surface area contributed by atoms with Gasteiger partial charge in [-0.2, -0.15) is 15.3 Å². The zero-order valence-corrected chi connectivity index (χ0v) is 18.7. The van der Waals surface area contributed by atoms with E-state index in [0.29, 0.717) is 22.8 Å². The maximum atomic E-state index is 12.7. The number of nitrogens with zero attached hydrogens (tertiary/aromatic N) is 7. The number of halogens is 2. The monoisotopic (exact) mass is 490 g/mol. The van der Waals surface area contributed by atoms with E-state index < -0.39 is 18.2 Å². The van der Waals surface area contributed by atoms with Crippen LogP contribution >= 0.6 is 23.2 Å². The van der Waals surface area contributed by atoms with Gasteiger partial charge in [0.05, 0.1) is 41.2 Å². The number of nitrogens with one attached hydrogen (secondary N) is 3. The Bertz CT molecular complexity index is 1320. The van der Waals surface area contributed by atoms with Crippen molar-refractivity contribution >= 4 is 52.3 Å². The quantitative estimate of drug-likeness (QED) is 0.385. The van der Waals surface area contributed by atoms with Crippen LogP contribution < -0.4 is 16.0 Å². The van der Waals surface area contributed by atoms with Gasteiger partial charge in [0, 0.05) is 13.1 Å². The van der Waals surface area contributed by atoms with Gasteiger partial charge >= 0.3 is 12.1 Å². The molecule has 4 heterocycles. The summed E-state index contributed by atoms with van der Waals surface area (Å²) >= 11 is 12.2. The van der Waals surface area contributed by atoms with Gasteiger partial charge in [-0.15, -0.1) is 4.80 Å². The minimum atomic E-state index is -0.807. The maximum Gasteiger partial charge on any atom is 0.407 e. The van der Waals surface area contributed by atoms with Crippen LogP contribution in [0, 0.1) is 0 Å². The standard InChI is InChI=1S/C18H16Cl2N10O3/c1-9(33-18(32)21-2)15-12(8-22-14-6-13(20)28-29(14)15)27-17(31)26-10-5-11(19)16(23-7-10)30-24-3-4-25-30/h3-9H,1-2H3,(H,21,32)(H2,26,27,31). The van der Waals surface area contributed by atoms with Crippen molar-refractivity contribution in [1.82, 2.24) is 39.9 Å². The maximum absolute atomic E-state index is 12.7. The third kappa shape index (κ3) is 4.78. The van der Waals surface area contributed by atoms with E-state index >= 15 is 0 Å². The predicted molar refractivity (Wildman–Crippen MR) is 119 cm³/mol. The van der Waals surface area contributed by atoms with Crippen LogP contribution in [0.15, 0.2) is 36.9 Å². The molecule has 0 saturated heterocycles. The fourth-order valence-electron chi connectivity index (χ4n) is 2.94. The number of amides is 3. The lowest BCUT2D eigenvalue weighted by Crippen LogP contribution is -2.25. The molecule has 4 aromatic heterocycles. The van der Waals surface area contributed by atoms with Crippen LogP contribution in [0.25, 0.3) is 11.5 Å². The Morgan fingerprint density at radius 1 is 1.09 bits per heavy atom. The van der Waals surface area contributed by atoms with Crippen LogP contribution in [-0.4, -0.2) is 53.7 Å². The first-order valence-corrected chi connectivity index (χ1v) is 10.1. The zero-order valence-electron chi connectivity index (χ0n) is 17.2. The van der Waals surface area contributed by atoms with Gasteiger partial charge in [-0.3, -0.25) is 0 Å². The molecule has 0 saturated carbocycles. The number of fused-ring (bicyclic) bond motifs is 1. The Labute approximate surface area is 196 Å². The number of carbonyl (C=O) groups is 2. The molecule has 3 amide bonds. The molecule has 0 aliphatic carbocycles. The first-order chi connectivity index (χ1) is 15.9. The van der Waals surface area contributed by atoms with E-state index in [1.54, 1.807) is 6.92 Å². The molecule has 13 nitrogen and oxygen atoms in total. The van der Waals surface area contributed by atoms with Crippen LogP contribution in [0.4, 0.5) is 21.0 Å². The topological polar surface area (TPSA) is 153 Å². The summed E-state index contributed by atoms with van der Waals surface area (Å²) in [4.78, 5) is 34.0. The van der Waals surface area contributed by atoms with Gasteiger partial charge in [0.1, 0.15) is 11.8 Å². The molecule has 33 heavy (non-hydrogen) atoms. The van der Waals surface area contributed by atoms with Gasteiger partial charge in [0.2, 0.25) is 0 Å². The van der Waals surface area contributed by atoms with E-state index in [1.165, 1.54) is 53.3 Å². The molecule has 0 radical (unpaired) electrons. The molecule has 0 spiro atoms. The normalized spacial score (nSPS) is 11.8. The number of aromatic nitrogens is 7. The smallest absolute Gasteiger partial charge is 0.407 e. The molecule has 0 bridgehead atoms. The highest BCUT2D eigenvalue weighted by Crippen LogP contribution is 2.27. The van der Waals surface area contributed by atoms with Crippen molar-refractivity contribution < 1.29 is 14.3 Å². The SMILES string of the molecule is CNC(=O)OC(C)c1c(NC(=O)Nc2cnc(-n3nccn3)c(Cl)c2)cnc2cc(Cl)nn12. The Hall–Kier alpha value is -3.97. The highest BCUT2D eigenvalue weighted by Gasteiger charge is 2.22. The van der Waals surface area contributed by atoms with Crippen molar-refractivity contribution in [3.63, 3.8) is 0 Å². The molecular weight excluding hydrogens is 475 g/mol. The molecule has 0 fully saturated rings. The molecule has 0 aromatic carbocycles. The second-order valence-corrected chi connectivity index (χ2v) is 7.31. The average molecular weight is 491 g/mol. The van der Waals surface area contributed by atoms with Gasteiger partial charge in [-0.25, -0.2) is 24.1 Å². The van der Waals surface area contributed by atoms with Crippen molar-refractivity contribution in [3.05, 3.63) is 52.8 Å². The fraction of sp³-hybridized carbons (Fsp3) is 0.167. The fourth-order valence-corrected chi connectivity index (χ4v) is 3.36. The molecule has 3 N–H and O–H groups in total. The average Bonchev–Trinajstić information content (AvgIpc) is 3.42. The van der Waals surface area contributed by atoms with Crippen molar-refractivity contribution in [3.8, 4) is 5.82 Å². The molecular formula is C18H16Cl2N10O3. The van der Waals surface area contributed by atoms with Crippen LogP contribution in [0.3, 0.4) is 0 Å². The van der Waals surface area contributed by atoms with Crippen LogP contribution in [0.1, 0.15) is 18.7 Å². The lowest BCUT2D eigenvalue weighted by Gasteiger charge is -2.18. The second-order valence-electron chi connectivity index (χ2n) is 6.52. The van der Waals surface area contributed by atoms with Crippen molar-refractivity contribution in [1.29, 1.82) is 0 Å². The Balaban J connectivity index is 1.58. The number of anilines is 2. The molecule has 0 aliphatic heterocycles. The summed E-state index contributed by atoms with van der Waals surface area (Å²) in [6.07, 6.45) is 4.32. The van der Waals surface area contributed by atoms with E-state index in [9.17, 15) is 9.59 Å². The Kier molecular flexibility index (Phi) is 6.24. The summed E-state index contributed by atoms with van der Waals surface area (Å²) in [5.41, 5.74) is 1.32. The lowest BCUT2D eigenvalue weighted by atomic mass is 10.2. The van der Waals surface area contributed by atoms with E-state index in [0.717, 1.165) is 0 Å². The number of alkyl carbamates (subject to hydrolysis) is 1. The summed E-state index contributed by atoms with van der Waals surface area (Å²) in [7, 11) is 1.43. The minimum absolute atomic E-state index is 0.185. The summed E-state index contributed by atoms with van der Waals surface area (Å²) in [5, 5.41) is 20.2. The van der Waals surface area contributed by atoms with E-state index in [1.807, 2.05) is 0 Å². The van der Waals surface area contributed by atoms with Crippen molar-refractivity contribution in [2.24, 2.45) is 0 Å². The Morgan fingerprint density at radius 3 is 2.55 bits per heavy atom. The highest BCUT2D eigenvalue weighted by atomic mass is 35.5. The number of carbonyl (C=O) groups excluding carboxylic acids is 2. The highest BCUT2D eigenvalue weighted by molar-refractivity contribution is 6.32. The number of ether oxygens (including phenoxy) is 1. The molecule has 15 heteroatoms. The summed E-state index contributed by atoms with van der Waals surface area (Å²) < 4.78 is 6.70. The molecule has 0 aliphatic rings. The van der Waals surface area contributed by atoms with E-state index in [2.05, 4.69) is 41.2 Å². The van der Waals surface area contributed by atoms with Gasteiger partial charge < -0.3 is 20.7 Å². The molecule has 4 aromatic rings. The number of hydrogen-bond acceptors (Lipinski definition) is 8. The summed E-state index contributed by atoms with van der Waals surface area (Å²) in [6, 6.07) is 2.41. The van der Waals surface area contributed by atoms with Gasteiger partial charge in [0.25, 0.3) is 0 Å². The largest absolute Gasteiger partial charge is 0.440 e. The minimum Gasteiger partial charge on any atom is -0.440 e. The van der Waals surface area contributed by atoms with Crippen molar-refractivity contribution in [2.45, 2.75) is 13.0 Å². The molecule has 1 atom stereocenters. The second kappa shape index (κ2) is 9.26. The number of pyridine rings is 1. The number of urea groups is 1. The number of hydrogen-bond donors (Lipinski definition) is 3. The number of rotatable bonds is 5.